The second kappa shape index (κ2) is 7.14. The lowest BCUT2D eigenvalue weighted by molar-refractivity contribution is -0.131. The maximum Gasteiger partial charge on any atom is 0.222 e. The number of hydrogen-bond acceptors (Lipinski definition) is 3. The molecule has 2 fully saturated rings. The number of carbonyl (C=O) groups excluding carboxylic acids is 1. The van der Waals surface area contributed by atoms with Crippen molar-refractivity contribution in [2.24, 2.45) is 5.92 Å². The average Bonchev–Trinajstić information content (AvgIpc) is 2.99. The Kier molecular flexibility index (Phi) is 4.98. The molecule has 2 aliphatic rings. The van der Waals surface area contributed by atoms with Crippen LogP contribution in [0.5, 0.6) is 5.75 Å². The summed E-state index contributed by atoms with van der Waals surface area (Å²) in [6.45, 7) is 3.82. The molecule has 2 aliphatic heterocycles. The number of likely N-dealkylation sites (tertiary alicyclic amines) is 2. The molecule has 0 saturated carbocycles. The van der Waals surface area contributed by atoms with Crippen LogP contribution >= 0.6 is 0 Å². The van der Waals surface area contributed by atoms with Gasteiger partial charge in [-0.1, -0.05) is 18.2 Å². The fraction of sp³-hybridized carbons (Fsp3) is 0.611. The normalized spacial score (nSPS) is 23.7. The van der Waals surface area contributed by atoms with Crippen LogP contribution in [0, 0.1) is 5.92 Å². The van der Waals surface area contributed by atoms with E-state index in [1.165, 1.54) is 0 Å². The summed E-state index contributed by atoms with van der Waals surface area (Å²) in [5, 5.41) is 0. The van der Waals surface area contributed by atoms with E-state index in [2.05, 4.69) is 11.9 Å². The molecule has 2 saturated heterocycles. The van der Waals surface area contributed by atoms with E-state index in [0.29, 0.717) is 18.2 Å². The maximum absolute atomic E-state index is 12.4. The first kappa shape index (κ1) is 15.3. The fourth-order valence-corrected chi connectivity index (χ4v) is 3.38. The van der Waals surface area contributed by atoms with Gasteiger partial charge in [0.1, 0.15) is 11.9 Å². The Bertz CT molecular complexity index is 483. The molecule has 4 heteroatoms. The highest BCUT2D eigenvalue weighted by atomic mass is 16.5. The van der Waals surface area contributed by atoms with Crippen molar-refractivity contribution in [1.29, 1.82) is 0 Å². The van der Waals surface area contributed by atoms with Crippen LogP contribution < -0.4 is 4.74 Å². The highest BCUT2D eigenvalue weighted by Crippen LogP contribution is 2.23. The third kappa shape index (κ3) is 4.01. The molecule has 22 heavy (non-hydrogen) atoms. The van der Waals surface area contributed by atoms with Crippen molar-refractivity contribution in [1.82, 2.24) is 9.80 Å². The molecule has 2 heterocycles. The lowest BCUT2D eigenvalue weighted by Gasteiger charge is -2.29. The van der Waals surface area contributed by atoms with Gasteiger partial charge in [0.05, 0.1) is 6.54 Å². The Balaban J connectivity index is 1.44. The summed E-state index contributed by atoms with van der Waals surface area (Å²) >= 11 is 0. The van der Waals surface area contributed by atoms with Gasteiger partial charge in [-0.15, -0.1) is 0 Å². The van der Waals surface area contributed by atoms with Gasteiger partial charge in [-0.2, -0.15) is 0 Å². The Hall–Kier alpha value is -1.55. The molecule has 1 atom stereocenters. The number of benzene rings is 1. The maximum atomic E-state index is 12.4. The van der Waals surface area contributed by atoms with Gasteiger partial charge >= 0.3 is 0 Å². The number of para-hydroxylation sites is 1. The largest absolute Gasteiger partial charge is 0.489 e. The molecule has 1 aromatic rings. The SMILES string of the molecule is CN1CCC(CC(=O)N2CC[C@@H](Oc3ccccc3)C2)CC1. The molecule has 0 bridgehead atoms. The highest BCUT2D eigenvalue weighted by Gasteiger charge is 2.29. The lowest BCUT2D eigenvalue weighted by atomic mass is 9.93. The molecule has 120 valence electrons. The van der Waals surface area contributed by atoms with Gasteiger partial charge in [0.25, 0.3) is 0 Å². The van der Waals surface area contributed by atoms with Crippen molar-refractivity contribution < 1.29 is 9.53 Å². The van der Waals surface area contributed by atoms with Gasteiger partial charge in [-0.25, -0.2) is 0 Å². The Morgan fingerprint density at radius 2 is 1.86 bits per heavy atom. The van der Waals surface area contributed by atoms with Gasteiger partial charge in [-0.3, -0.25) is 4.79 Å². The van der Waals surface area contributed by atoms with E-state index in [-0.39, 0.29) is 6.10 Å². The number of ether oxygens (including phenoxy) is 1. The van der Waals surface area contributed by atoms with Crippen LogP contribution in [-0.2, 0) is 4.79 Å². The topological polar surface area (TPSA) is 32.8 Å². The van der Waals surface area contributed by atoms with Crippen LogP contribution in [0.1, 0.15) is 25.7 Å². The number of amides is 1. The molecule has 1 amide bonds. The van der Waals surface area contributed by atoms with Crippen molar-refractivity contribution in [3.8, 4) is 5.75 Å². The third-order valence-electron chi connectivity index (χ3n) is 4.85. The second-order valence-corrected chi connectivity index (χ2v) is 6.63. The van der Waals surface area contributed by atoms with Gasteiger partial charge < -0.3 is 14.5 Å². The summed E-state index contributed by atoms with van der Waals surface area (Å²) in [6, 6.07) is 9.89. The minimum atomic E-state index is 0.142. The lowest BCUT2D eigenvalue weighted by Crippen LogP contribution is -2.35. The molecule has 0 aromatic heterocycles. The molecule has 0 spiro atoms. The highest BCUT2D eigenvalue weighted by molar-refractivity contribution is 5.76. The zero-order valence-corrected chi connectivity index (χ0v) is 13.4. The van der Waals surface area contributed by atoms with Crippen LogP contribution in [0.15, 0.2) is 30.3 Å². The molecule has 0 unspecified atom stereocenters. The van der Waals surface area contributed by atoms with Crippen molar-refractivity contribution in [2.45, 2.75) is 31.8 Å². The molecule has 4 nitrogen and oxygen atoms in total. The molecule has 0 N–H and O–H groups in total. The molecular weight excluding hydrogens is 276 g/mol. The molecule has 0 aliphatic carbocycles. The summed E-state index contributed by atoms with van der Waals surface area (Å²) in [4.78, 5) is 16.8. The Morgan fingerprint density at radius 1 is 1.14 bits per heavy atom. The smallest absolute Gasteiger partial charge is 0.222 e. The van der Waals surface area contributed by atoms with Crippen molar-refractivity contribution in [2.75, 3.05) is 33.2 Å². The van der Waals surface area contributed by atoms with Crippen LogP contribution in [0.3, 0.4) is 0 Å². The predicted octanol–water partition coefficient (Wildman–Crippen LogP) is 2.40. The molecular formula is C18H26N2O2. The summed E-state index contributed by atoms with van der Waals surface area (Å²) in [7, 11) is 2.16. The van der Waals surface area contributed by atoms with Crippen LogP contribution in [0.2, 0.25) is 0 Å². The standard InChI is InChI=1S/C18H26N2O2/c1-19-10-7-15(8-11-19)13-18(21)20-12-9-17(14-20)22-16-5-3-2-4-6-16/h2-6,15,17H,7-14H2,1H3/t17-/m1/s1. The van der Waals surface area contributed by atoms with E-state index < -0.39 is 0 Å². The minimum absolute atomic E-state index is 0.142. The van der Waals surface area contributed by atoms with Gasteiger partial charge in [0.15, 0.2) is 0 Å². The van der Waals surface area contributed by atoms with E-state index in [1.54, 1.807) is 0 Å². The van der Waals surface area contributed by atoms with Crippen LogP contribution in [0.25, 0.3) is 0 Å². The van der Waals surface area contributed by atoms with Crippen LogP contribution in [0.4, 0.5) is 0 Å². The molecule has 3 rings (SSSR count). The Morgan fingerprint density at radius 3 is 2.59 bits per heavy atom. The summed E-state index contributed by atoms with van der Waals surface area (Å²) in [6.07, 6.45) is 4.10. The number of nitrogens with zero attached hydrogens (tertiary/aromatic N) is 2. The zero-order valence-electron chi connectivity index (χ0n) is 13.4. The summed E-state index contributed by atoms with van der Waals surface area (Å²) in [5.41, 5.74) is 0. The van der Waals surface area contributed by atoms with E-state index in [1.807, 2.05) is 35.2 Å². The first-order valence-corrected chi connectivity index (χ1v) is 8.39. The zero-order chi connectivity index (χ0) is 15.4. The summed E-state index contributed by atoms with van der Waals surface area (Å²) < 4.78 is 5.96. The first-order valence-electron chi connectivity index (χ1n) is 8.39. The van der Waals surface area contributed by atoms with Gasteiger partial charge in [0, 0.05) is 19.4 Å². The molecule has 1 aromatic carbocycles. The van der Waals surface area contributed by atoms with Gasteiger partial charge in [0.2, 0.25) is 5.91 Å². The third-order valence-corrected chi connectivity index (χ3v) is 4.85. The van der Waals surface area contributed by atoms with E-state index in [0.717, 1.165) is 51.2 Å². The number of piperidine rings is 1. The van der Waals surface area contributed by atoms with Crippen molar-refractivity contribution in [3.05, 3.63) is 30.3 Å². The minimum Gasteiger partial charge on any atom is -0.489 e. The molecule has 0 radical (unpaired) electrons. The Labute approximate surface area is 133 Å². The van der Waals surface area contributed by atoms with Crippen molar-refractivity contribution >= 4 is 5.91 Å². The first-order chi connectivity index (χ1) is 10.7. The quantitative estimate of drug-likeness (QED) is 0.856. The van der Waals surface area contributed by atoms with Crippen molar-refractivity contribution in [3.63, 3.8) is 0 Å². The van der Waals surface area contributed by atoms with E-state index >= 15 is 0 Å². The second-order valence-electron chi connectivity index (χ2n) is 6.63. The number of carbonyl (C=O) groups is 1. The van der Waals surface area contributed by atoms with Crippen LogP contribution in [-0.4, -0.2) is 55.0 Å². The van der Waals surface area contributed by atoms with E-state index in [9.17, 15) is 4.79 Å². The number of rotatable bonds is 4. The van der Waals surface area contributed by atoms with Gasteiger partial charge in [-0.05, 0) is 51.0 Å². The fourth-order valence-electron chi connectivity index (χ4n) is 3.38. The van der Waals surface area contributed by atoms with E-state index in [4.69, 9.17) is 4.74 Å². The summed E-state index contributed by atoms with van der Waals surface area (Å²) in [5.74, 6) is 1.78. The predicted molar refractivity (Wildman–Crippen MR) is 86.9 cm³/mol. The monoisotopic (exact) mass is 302 g/mol. The average molecular weight is 302 g/mol. The number of hydrogen-bond donors (Lipinski definition) is 0.